The predicted octanol–water partition coefficient (Wildman–Crippen LogP) is 3.65. The molecule has 150 valence electrons. The number of carbonyl (C=O) groups excluding carboxylic acids is 1. The van der Waals surface area contributed by atoms with Crippen molar-refractivity contribution in [2.24, 2.45) is 5.92 Å². The number of aryl methyl sites for hydroxylation is 1. The van der Waals surface area contributed by atoms with Gasteiger partial charge >= 0.3 is 0 Å². The van der Waals surface area contributed by atoms with Gasteiger partial charge in [-0.25, -0.2) is 0 Å². The second-order valence-corrected chi connectivity index (χ2v) is 7.79. The molecule has 1 aliphatic rings. The van der Waals surface area contributed by atoms with E-state index in [9.17, 15) is 10.1 Å². The minimum Gasteiger partial charge on any atom is -0.360 e. The molecule has 0 radical (unpaired) electrons. The summed E-state index contributed by atoms with van der Waals surface area (Å²) in [4.78, 5) is 15.2. The van der Waals surface area contributed by atoms with Crippen molar-refractivity contribution in [3.8, 4) is 6.07 Å². The SMILES string of the molecule is CC1=C(C(=O)Nc2cc(C)on2)[C@H](c2cccc(C#N)c2)NC(=S)N1CC(C)C. The number of nitriles is 1. The van der Waals surface area contributed by atoms with Gasteiger partial charge < -0.3 is 20.1 Å². The van der Waals surface area contributed by atoms with E-state index in [0.29, 0.717) is 40.3 Å². The van der Waals surface area contributed by atoms with E-state index in [2.05, 4.69) is 35.7 Å². The summed E-state index contributed by atoms with van der Waals surface area (Å²) in [6.45, 7) is 8.52. The fraction of sp³-hybridized carbons (Fsp3) is 0.333. The molecule has 1 aromatic heterocycles. The summed E-state index contributed by atoms with van der Waals surface area (Å²) in [7, 11) is 0. The first-order valence-electron chi connectivity index (χ1n) is 9.33. The maximum atomic E-state index is 13.2. The van der Waals surface area contributed by atoms with Gasteiger partial charge in [0.25, 0.3) is 5.91 Å². The lowest BCUT2D eigenvalue weighted by molar-refractivity contribution is -0.113. The molecule has 0 spiro atoms. The molecule has 0 unspecified atom stereocenters. The topological polar surface area (TPSA) is 94.2 Å². The molecule has 1 aromatic carbocycles. The van der Waals surface area contributed by atoms with Gasteiger partial charge in [0.15, 0.2) is 10.9 Å². The van der Waals surface area contributed by atoms with Gasteiger partial charge in [0.05, 0.1) is 23.2 Å². The highest BCUT2D eigenvalue weighted by Gasteiger charge is 2.34. The molecule has 0 aliphatic carbocycles. The smallest absolute Gasteiger partial charge is 0.257 e. The van der Waals surface area contributed by atoms with Crippen LogP contribution in [0.4, 0.5) is 5.82 Å². The summed E-state index contributed by atoms with van der Waals surface area (Å²) < 4.78 is 5.05. The quantitative estimate of drug-likeness (QED) is 0.728. The van der Waals surface area contributed by atoms with Gasteiger partial charge in [-0.3, -0.25) is 4.79 Å². The van der Waals surface area contributed by atoms with Crippen LogP contribution in [0.15, 0.2) is 46.1 Å². The number of aromatic nitrogens is 1. The largest absolute Gasteiger partial charge is 0.360 e. The van der Waals surface area contributed by atoms with Crippen LogP contribution in [0.25, 0.3) is 0 Å². The molecule has 8 heteroatoms. The Hall–Kier alpha value is -3.18. The second-order valence-electron chi connectivity index (χ2n) is 7.40. The van der Waals surface area contributed by atoms with E-state index in [4.69, 9.17) is 16.7 Å². The molecule has 3 rings (SSSR count). The van der Waals surface area contributed by atoms with Gasteiger partial charge in [-0.05, 0) is 49.7 Å². The van der Waals surface area contributed by atoms with Crippen LogP contribution in [-0.2, 0) is 4.79 Å². The van der Waals surface area contributed by atoms with Gasteiger partial charge in [0.1, 0.15) is 5.76 Å². The van der Waals surface area contributed by atoms with Crippen molar-refractivity contribution in [3.05, 3.63) is 58.5 Å². The number of hydrogen-bond acceptors (Lipinski definition) is 5. The fourth-order valence-electron chi connectivity index (χ4n) is 3.31. The zero-order valence-electron chi connectivity index (χ0n) is 16.8. The van der Waals surface area contributed by atoms with Crippen LogP contribution in [0.2, 0.25) is 0 Å². The highest BCUT2D eigenvalue weighted by atomic mass is 32.1. The monoisotopic (exact) mass is 409 g/mol. The highest BCUT2D eigenvalue weighted by molar-refractivity contribution is 7.80. The van der Waals surface area contributed by atoms with E-state index in [1.54, 1.807) is 31.2 Å². The molecule has 2 heterocycles. The van der Waals surface area contributed by atoms with E-state index in [1.165, 1.54) is 0 Å². The average Bonchev–Trinajstić information content (AvgIpc) is 3.09. The van der Waals surface area contributed by atoms with E-state index in [0.717, 1.165) is 11.3 Å². The van der Waals surface area contributed by atoms with Gasteiger partial charge in [-0.15, -0.1) is 0 Å². The van der Waals surface area contributed by atoms with Crippen molar-refractivity contribution >= 4 is 29.1 Å². The van der Waals surface area contributed by atoms with Crippen molar-refractivity contribution in [1.29, 1.82) is 5.26 Å². The first-order chi connectivity index (χ1) is 13.8. The first-order valence-corrected chi connectivity index (χ1v) is 9.74. The minimum atomic E-state index is -0.479. The number of rotatable bonds is 5. The molecule has 1 aliphatic heterocycles. The Bertz CT molecular complexity index is 1020. The number of nitrogens with zero attached hydrogens (tertiary/aromatic N) is 3. The highest BCUT2D eigenvalue weighted by Crippen LogP contribution is 2.32. The Labute approximate surface area is 175 Å². The Morgan fingerprint density at radius 1 is 1.41 bits per heavy atom. The van der Waals surface area contributed by atoms with Gasteiger partial charge in [-0.2, -0.15) is 5.26 Å². The van der Waals surface area contributed by atoms with Crippen LogP contribution in [0.1, 0.15) is 43.7 Å². The molecule has 2 N–H and O–H groups in total. The molecule has 7 nitrogen and oxygen atoms in total. The predicted molar refractivity (Wildman–Crippen MR) is 114 cm³/mol. The average molecular weight is 410 g/mol. The number of hydrogen-bond donors (Lipinski definition) is 2. The molecule has 0 saturated heterocycles. The van der Waals surface area contributed by atoms with Crippen molar-refractivity contribution < 1.29 is 9.32 Å². The third-order valence-corrected chi connectivity index (χ3v) is 4.95. The van der Waals surface area contributed by atoms with Crippen molar-refractivity contribution in [2.45, 2.75) is 33.7 Å². The number of carbonyl (C=O) groups is 1. The molecule has 1 amide bonds. The van der Waals surface area contributed by atoms with Crippen LogP contribution >= 0.6 is 12.2 Å². The Morgan fingerprint density at radius 3 is 2.79 bits per heavy atom. The number of nitrogens with one attached hydrogen (secondary N) is 2. The summed E-state index contributed by atoms with van der Waals surface area (Å²) in [5.41, 5.74) is 2.60. The summed E-state index contributed by atoms with van der Waals surface area (Å²) in [6, 6.07) is 10.5. The molecule has 0 bridgehead atoms. The fourth-order valence-corrected chi connectivity index (χ4v) is 3.64. The lowest BCUT2D eigenvalue weighted by Crippen LogP contribution is -2.49. The number of benzene rings is 1. The van der Waals surface area contributed by atoms with E-state index < -0.39 is 6.04 Å². The molecule has 0 saturated carbocycles. The zero-order chi connectivity index (χ0) is 21.1. The number of thiocarbonyl (C=S) groups is 1. The Balaban J connectivity index is 2.05. The molecule has 29 heavy (non-hydrogen) atoms. The molecule has 1 atom stereocenters. The second kappa shape index (κ2) is 8.45. The van der Waals surface area contributed by atoms with Crippen LogP contribution < -0.4 is 10.6 Å². The lowest BCUT2D eigenvalue weighted by Gasteiger charge is -2.38. The normalized spacial score (nSPS) is 16.6. The maximum Gasteiger partial charge on any atom is 0.257 e. The van der Waals surface area contributed by atoms with Gasteiger partial charge in [-0.1, -0.05) is 31.1 Å². The van der Waals surface area contributed by atoms with Crippen LogP contribution in [0.3, 0.4) is 0 Å². The molecule has 2 aromatic rings. The summed E-state index contributed by atoms with van der Waals surface area (Å²) in [5.74, 6) is 1.01. The van der Waals surface area contributed by atoms with Crippen LogP contribution in [0.5, 0.6) is 0 Å². The lowest BCUT2D eigenvalue weighted by atomic mass is 9.93. The maximum absolute atomic E-state index is 13.2. The van der Waals surface area contributed by atoms with Crippen molar-refractivity contribution in [3.63, 3.8) is 0 Å². The number of anilines is 1. The Morgan fingerprint density at radius 2 is 2.17 bits per heavy atom. The standard InChI is InChI=1S/C21H23N5O2S/c1-12(2)11-26-14(4)18(20(27)23-17-8-13(3)28-25-17)19(24-21(26)29)16-7-5-6-15(9-16)10-22/h5-9,12,19H,11H2,1-4H3,(H,24,29)(H,23,25,27)/t19-/m0/s1. The molecule has 0 fully saturated rings. The van der Waals surface area contributed by atoms with Crippen LogP contribution in [-0.4, -0.2) is 27.6 Å². The van der Waals surface area contributed by atoms with E-state index in [-0.39, 0.29) is 5.91 Å². The zero-order valence-corrected chi connectivity index (χ0v) is 17.6. The number of amides is 1. The minimum absolute atomic E-state index is 0.299. The first kappa shape index (κ1) is 20.6. The van der Waals surface area contributed by atoms with E-state index >= 15 is 0 Å². The van der Waals surface area contributed by atoms with Crippen molar-refractivity contribution in [1.82, 2.24) is 15.4 Å². The Kier molecular flexibility index (Phi) is 5.99. The summed E-state index contributed by atoms with van der Waals surface area (Å²) in [6.07, 6.45) is 0. The summed E-state index contributed by atoms with van der Waals surface area (Å²) in [5, 5.41) is 19.7. The van der Waals surface area contributed by atoms with Gasteiger partial charge in [0, 0.05) is 18.3 Å². The third-order valence-electron chi connectivity index (χ3n) is 4.61. The molecular weight excluding hydrogens is 386 g/mol. The van der Waals surface area contributed by atoms with Crippen molar-refractivity contribution in [2.75, 3.05) is 11.9 Å². The van der Waals surface area contributed by atoms with Gasteiger partial charge in [0.2, 0.25) is 0 Å². The number of allylic oxidation sites excluding steroid dienone is 1. The molecular formula is C21H23N5O2S. The van der Waals surface area contributed by atoms with Crippen LogP contribution in [0, 0.1) is 24.2 Å². The van der Waals surface area contributed by atoms with E-state index in [1.807, 2.05) is 17.9 Å². The summed E-state index contributed by atoms with van der Waals surface area (Å²) >= 11 is 5.59. The third kappa shape index (κ3) is 4.46.